The van der Waals surface area contributed by atoms with Gasteiger partial charge in [0.25, 0.3) is 0 Å². The summed E-state index contributed by atoms with van der Waals surface area (Å²) in [5.74, 6) is -1.12. The molecule has 1 aliphatic rings. The van der Waals surface area contributed by atoms with Crippen molar-refractivity contribution in [3.63, 3.8) is 0 Å². The predicted molar refractivity (Wildman–Crippen MR) is 112 cm³/mol. The summed E-state index contributed by atoms with van der Waals surface area (Å²) in [4.78, 5) is 31.8. The maximum Gasteiger partial charge on any atom is 0.421 e. The van der Waals surface area contributed by atoms with Crippen molar-refractivity contribution in [3.8, 4) is 0 Å². The van der Waals surface area contributed by atoms with Crippen molar-refractivity contribution in [1.29, 1.82) is 0 Å². The first kappa shape index (κ1) is 22.8. The lowest BCUT2D eigenvalue weighted by Crippen LogP contribution is -2.44. The highest BCUT2D eigenvalue weighted by Crippen LogP contribution is 2.36. The van der Waals surface area contributed by atoms with E-state index < -0.39 is 29.6 Å². The highest BCUT2D eigenvalue weighted by atomic mass is 19.4. The van der Waals surface area contributed by atoms with E-state index in [1.165, 1.54) is 17.0 Å². The summed E-state index contributed by atoms with van der Waals surface area (Å²) in [6.07, 6.45) is -2.88. The van der Waals surface area contributed by atoms with Crippen LogP contribution in [0.5, 0.6) is 0 Å². The van der Waals surface area contributed by atoms with Crippen LogP contribution in [0.25, 0.3) is 0 Å². The third-order valence-corrected chi connectivity index (χ3v) is 4.74. The molecule has 2 amide bonds. The lowest BCUT2D eigenvalue weighted by atomic mass is 10.1. The molecule has 32 heavy (non-hydrogen) atoms. The average molecular weight is 450 g/mol. The van der Waals surface area contributed by atoms with Crippen LogP contribution in [0.2, 0.25) is 0 Å². The molecule has 2 aromatic rings. The number of para-hydroxylation sites is 2. The minimum atomic E-state index is -4.73. The van der Waals surface area contributed by atoms with Gasteiger partial charge in [0.2, 0.25) is 11.9 Å². The summed E-state index contributed by atoms with van der Waals surface area (Å²) in [7, 11) is 0. The average Bonchev–Trinajstić information content (AvgIpc) is 2.74. The van der Waals surface area contributed by atoms with Gasteiger partial charge in [0.15, 0.2) is 0 Å². The highest BCUT2D eigenvalue weighted by molar-refractivity contribution is 6.01. The van der Waals surface area contributed by atoms with Gasteiger partial charge in [-0.15, -0.1) is 0 Å². The molecule has 1 aromatic carbocycles. The predicted octanol–water partition coefficient (Wildman–Crippen LogP) is 3.92. The Labute approximate surface area is 181 Å². The second-order valence-corrected chi connectivity index (χ2v) is 7.03. The Morgan fingerprint density at radius 3 is 2.62 bits per heavy atom. The number of hydrogen-bond donors (Lipinski definition) is 4. The number of aromatic nitrogens is 2. The van der Waals surface area contributed by atoms with E-state index in [0.29, 0.717) is 25.6 Å². The van der Waals surface area contributed by atoms with Gasteiger partial charge in [0.05, 0.1) is 11.4 Å². The van der Waals surface area contributed by atoms with Gasteiger partial charge < -0.3 is 26.0 Å². The fourth-order valence-corrected chi connectivity index (χ4v) is 3.22. The van der Waals surface area contributed by atoms with E-state index in [1.807, 2.05) is 0 Å². The molecule has 170 valence electrons. The molecule has 1 unspecified atom stereocenters. The Morgan fingerprint density at radius 2 is 1.97 bits per heavy atom. The number of likely N-dealkylation sites (tertiary alicyclic amines) is 1. The molecule has 1 aliphatic heterocycles. The Morgan fingerprint density at radius 1 is 1.25 bits per heavy atom. The van der Waals surface area contributed by atoms with Crippen LogP contribution >= 0.6 is 0 Å². The second-order valence-electron chi connectivity index (χ2n) is 7.03. The van der Waals surface area contributed by atoms with Crippen LogP contribution in [0.3, 0.4) is 0 Å². The van der Waals surface area contributed by atoms with E-state index in [2.05, 4.69) is 32.5 Å². The maximum atomic E-state index is 13.6. The van der Waals surface area contributed by atoms with Gasteiger partial charge in [-0.05, 0) is 31.1 Å². The Hall–Kier alpha value is -3.83. The summed E-state index contributed by atoms with van der Waals surface area (Å²) in [5.41, 5.74) is -0.667. The molecule has 12 heteroatoms. The molecule has 2 heterocycles. The smallest absolute Gasteiger partial charge is 0.421 e. The number of benzene rings is 1. The normalized spacial score (nSPS) is 16.2. The summed E-state index contributed by atoms with van der Waals surface area (Å²) in [5, 5.41) is 17.2. The fourth-order valence-electron chi connectivity index (χ4n) is 3.22. The van der Waals surface area contributed by atoms with Crippen molar-refractivity contribution < 1.29 is 27.9 Å². The number of alkyl halides is 3. The van der Waals surface area contributed by atoms with Crippen LogP contribution in [-0.2, 0) is 11.0 Å². The van der Waals surface area contributed by atoms with E-state index in [4.69, 9.17) is 5.11 Å². The Kier molecular flexibility index (Phi) is 6.81. The third-order valence-electron chi connectivity index (χ3n) is 4.74. The highest BCUT2D eigenvalue weighted by Gasteiger charge is 2.36. The van der Waals surface area contributed by atoms with Crippen molar-refractivity contribution in [1.82, 2.24) is 14.9 Å². The number of anilines is 4. The molecule has 0 saturated carbocycles. The number of carbonyl (C=O) groups is 2. The zero-order valence-electron chi connectivity index (χ0n) is 16.8. The summed E-state index contributed by atoms with van der Waals surface area (Å²) < 4.78 is 40.7. The fraction of sp³-hybridized carbons (Fsp3) is 0.300. The molecular formula is C20H21F3N6O3. The lowest BCUT2D eigenvalue weighted by Gasteiger charge is -2.31. The number of hydrogen-bond acceptors (Lipinski definition) is 6. The summed E-state index contributed by atoms with van der Waals surface area (Å²) >= 11 is 0. The first-order chi connectivity index (χ1) is 15.2. The van der Waals surface area contributed by atoms with E-state index in [0.717, 1.165) is 6.08 Å². The van der Waals surface area contributed by atoms with E-state index in [-0.39, 0.29) is 29.9 Å². The quantitative estimate of drug-likeness (QED) is 0.493. The van der Waals surface area contributed by atoms with Crippen LogP contribution in [0, 0.1) is 0 Å². The van der Waals surface area contributed by atoms with Gasteiger partial charge in [-0.1, -0.05) is 18.7 Å². The SMILES string of the molecule is C=CC(=O)Nc1ccccc1Nc1nc(NC2CCCN(C(=O)O)C2)ncc1C(F)(F)F. The first-order valence-corrected chi connectivity index (χ1v) is 9.65. The molecule has 1 atom stereocenters. The number of carboxylic acid groups (broad SMARTS) is 1. The summed E-state index contributed by atoms with van der Waals surface area (Å²) in [6.45, 7) is 3.91. The first-order valence-electron chi connectivity index (χ1n) is 9.65. The van der Waals surface area contributed by atoms with Gasteiger partial charge in [-0.2, -0.15) is 18.2 Å². The molecule has 0 aliphatic carbocycles. The maximum absolute atomic E-state index is 13.6. The second kappa shape index (κ2) is 9.54. The van der Waals surface area contributed by atoms with Crippen molar-refractivity contribution in [3.05, 3.63) is 48.7 Å². The molecule has 1 fully saturated rings. The van der Waals surface area contributed by atoms with Gasteiger partial charge in [0.1, 0.15) is 11.4 Å². The van der Waals surface area contributed by atoms with Gasteiger partial charge >= 0.3 is 12.3 Å². The monoisotopic (exact) mass is 450 g/mol. The minimum absolute atomic E-state index is 0.0784. The number of piperidine rings is 1. The largest absolute Gasteiger partial charge is 0.465 e. The molecule has 4 N–H and O–H groups in total. The van der Waals surface area contributed by atoms with E-state index in [9.17, 15) is 22.8 Å². The topological polar surface area (TPSA) is 119 Å². The molecule has 1 aromatic heterocycles. The number of nitrogens with one attached hydrogen (secondary N) is 3. The molecular weight excluding hydrogens is 429 g/mol. The van der Waals surface area contributed by atoms with Crippen LogP contribution in [0.15, 0.2) is 43.1 Å². The van der Waals surface area contributed by atoms with Crippen LogP contribution in [0.1, 0.15) is 18.4 Å². The van der Waals surface area contributed by atoms with Gasteiger partial charge in [-0.25, -0.2) is 9.78 Å². The molecule has 1 saturated heterocycles. The zero-order chi connectivity index (χ0) is 23.3. The molecule has 3 rings (SSSR count). The van der Waals surface area contributed by atoms with Crippen LogP contribution in [-0.4, -0.2) is 51.1 Å². The Bertz CT molecular complexity index is 1010. The lowest BCUT2D eigenvalue weighted by molar-refractivity contribution is -0.137. The van der Waals surface area contributed by atoms with Crippen LogP contribution < -0.4 is 16.0 Å². The Balaban J connectivity index is 1.89. The van der Waals surface area contributed by atoms with Crippen molar-refractivity contribution in [2.75, 3.05) is 29.0 Å². The van der Waals surface area contributed by atoms with Crippen molar-refractivity contribution in [2.24, 2.45) is 0 Å². The van der Waals surface area contributed by atoms with Crippen molar-refractivity contribution >= 4 is 35.1 Å². The zero-order valence-corrected chi connectivity index (χ0v) is 16.8. The number of rotatable bonds is 6. The van der Waals surface area contributed by atoms with Crippen LogP contribution in [0.4, 0.5) is 41.1 Å². The molecule has 0 spiro atoms. The third kappa shape index (κ3) is 5.65. The minimum Gasteiger partial charge on any atom is -0.465 e. The van der Waals surface area contributed by atoms with Gasteiger partial charge in [0, 0.05) is 25.3 Å². The standard InChI is InChI=1S/C20H21F3N6O3/c1-2-16(30)26-14-7-3-4-8-15(14)27-17-13(20(21,22)23)10-24-18(28-17)25-12-6-5-9-29(11-12)19(31)32/h2-4,7-8,10,12H,1,5-6,9,11H2,(H,26,30)(H,31,32)(H2,24,25,27,28). The molecule has 9 nitrogen and oxygen atoms in total. The number of amides is 2. The summed E-state index contributed by atoms with van der Waals surface area (Å²) in [6, 6.07) is 5.85. The molecule has 0 bridgehead atoms. The number of carbonyl (C=O) groups excluding carboxylic acids is 1. The van der Waals surface area contributed by atoms with Gasteiger partial charge in [-0.3, -0.25) is 4.79 Å². The van der Waals surface area contributed by atoms with Crippen molar-refractivity contribution in [2.45, 2.75) is 25.1 Å². The van der Waals surface area contributed by atoms with E-state index >= 15 is 0 Å². The molecule has 0 radical (unpaired) electrons. The number of nitrogens with zero attached hydrogens (tertiary/aromatic N) is 3. The number of halogens is 3. The van der Waals surface area contributed by atoms with E-state index in [1.54, 1.807) is 12.1 Å².